The molecule has 90 valence electrons. The van der Waals surface area contributed by atoms with Gasteiger partial charge in [-0.2, -0.15) is 0 Å². The zero-order valence-corrected chi connectivity index (χ0v) is 11.0. The van der Waals surface area contributed by atoms with Gasteiger partial charge in [0.1, 0.15) is 0 Å². The largest absolute Gasteiger partial charge is 0.0990 e. The highest BCUT2D eigenvalue weighted by Gasteiger charge is 2.03. The Morgan fingerprint density at radius 2 is 1.17 bits per heavy atom. The van der Waals surface area contributed by atoms with E-state index in [2.05, 4.69) is 75.0 Å². The van der Waals surface area contributed by atoms with Crippen molar-refractivity contribution in [3.8, 4) is 0 Å². The van der Waals surface area contributed by atoms with Crippen molar-refractivity contribution in [3.05, 3.63) is 89.5 Å². The summed E-state index contributed by atoms with van der Waals surface area (Å²) in [5.41, 5.74) is 6.22. The molecule has 0 saturated heterocycles. The van der Waals surface area contributed by atoms with Gasteiger partial charge in [-0.05, 0) is 30.5 Å². The van der Waals surface area contributed by atoms with Crippen LogP contribution in [-0.4, -0.2) is 0 Å². The molecule has 2 aromatic rings. The summed E-state index contributed by atoms with van der Waals surface area (Å²) in [7, 11) is 0. The molecule has 18 heavy (non-hydrogen) atoms. The van der Waals surface area contributed by atoms with Gasteiger partial charge in [-0.15, -0.1) is 0 Å². The van der Waals surface area contributed by atoms with E-state index in [1.165, 1.54) is 27.8 Å². The fraction of sp³-hybridized carbons (Fsp3) is 0.111. The Labute approximate surface area is 109 Å². The molecule has 0 amide bonds. The lowest BCUT2D eigenvalue weighted by Crippen LogP contribution is -1.88. The molecule has 0 unspecified atom stereocenters. The molecule has 0 aliphatic heterocycles. The molecular formula is C18H18. The average molecular weight is 234 g/mol. The normalized spacial score (nSPS) is 9.89. The summed E-state index contributed by atoms with van der Waals surface area (Å²) in [5.74, 6) is 0. The molecule has 0 heterocycles. The van der Waals surface area contributed by atoms with E-state index in [1.54, 1.807) is 0 Å². The van der Waals surface area contributed by atoms with Crippen LogP contribution in [0.2, 0.25) is 0 Å². The molecule has 2 aromatic carbocycles. The zero-order valence-electron chi connectivity index (χ0n) is 11.0. The molecular weight excluding hydrogens is 216 g/mol. The number of aryl methyl sites for hydroxylation is 2. The Kier molecular flexibility index (Phi) is 3.78. The molecule has 0 radical (unpaired) electrons. The maximum Gasteiger partial charge on any atom is -0.0112 e. The fourth-order valence-corrected chi connectivity index (χ4v) is 1.94. The van der Waals surface area contributed by atoms with Crippen LogP contribution in [0.25, 0.3) is 5.57 Å². The lowest BCUT2D eigenvalue weighted by molar-refractivity contribution is 1.43. The van der Waals surface area contributed by atoms with Crippen LogP contribution in [0.1, 0.15) is 22.3 Å². The van der Waals surface area contributed by atoms with Crippen LogP contribution in [0.5, 0.6) is 0 Å². The van der Waals surface area contributed by atoms with Crippen LogP contribution in [0.3, 0.4) is 0 Å². The van der Waals surface area contributed by atoms with E-state index in [9.17, 15) is 0 Å². The van der Waals surface area contributed by atoms with E-state index in [1.807, 2.05) is 6.08 Å². The SMILES string of the molecule is C=CC=C(c1ccc(C)cc1)c1ccc(C)cc1. The minimum atomic E-state index is 1.21. The van der Waals surface area contributed by atoms with Gasteiger partial charge in [0, 0.05) is 0 Å². The molecule has 0 aromatic heterocycles. The van der Waals surface area contributed by atoms with Crippen molar-refractivity contribution >= 4 is 5.57 Å². The number of rotatable bonds is 3. The minimum absolute atomic E-state index is 1.21. The molecule has 0 nitrogen and oxygen atoms in total. The molecule has 0 N–H and O–H groups in total. The van der Waals surface area contributed by atoms with Crippen molar-refractivity contribution in [3.63, 3.8) is 0 Å². The van der Waals surface area contributed by atoms with Crippen LogP contribution in [0.4, 0.5) is 0 Å². The smallest absolute Gasteiger partial charge is 0.0112 e. The zero-order chi connectivity index (χ0) is 13.0. The summed E-state index contributed by atoms with van der Waals surface area (Å²) in [6, 6.07) is 17.2. The molecule has 0 saturated carbocycles. The maximum atomic E-state index is 3.81. The summed E-state index contributed by atoms with van der Waals surface area (Å²) >= 11 is 0. The standard InChI is InChI=1S/C18H18/c1-4-5-18(16-10-6-14(2)7-11-16)17-12-8-15(3)9-13-17/h4-13H,1H2,2-3H3. The Balaban J connectivity index is 2.46. The van der Waals surface area contributed by atoms with Crippen LogP contribution >= 0.6 is 0 Å². The van der Waals surface area contributed by atoms with Crippen LogP contribution in [0.15, 0.2) is 67.3 Å². The highest BCUT2D eigenvalue weighted by Crippen LogP contribution is 2.24. The van der Waals surface area contributed by atoms with Crippen LogP contribution in [0, 0.1) is 13.8 Å². The van der Waals surface area contributed by atoms with E-state index in [4.69, 9.17) is 0 Å². The van der Waals surface area contributed by atoms with E-state index >= 15 is 0 Å². The van der Waals surface area contributed by atoms with Crippen molar-refractivity contribution < 1.29 is 0 Å². The number of allylic oxidation sites excluding steroid dienone is 2. The molecule has 0 heteroatoms. The van der Waals surface area contributed by atoms with Crippen molar-refractivity contribution in [2.75, 3.05) is 0 Å². The third-order valence-corrected chi connectivity index (χ3v) is 3.01. The molecule has 0 fully saturated rings. The van der Waals surface area contributed by atoms with Crippen molar-refractivity contribution in [1.29, 1.82) is 0 Å². The summed E-state index contributed by atoms with van der Waals surface area (Å²) in [6.45, 7) is 8.02. The third kappa shape index (κ3) is 2.78. The van der Waals surface area contributed by atoms with Crippen molar-refractivity contribution in [2.45, 2.75) is 13.8 Å². The summed E-state index contributed by atoms with van der Waals surface area (Å²) in [4.78, 5) is 0. The quantitative estimate of drug-likeness (QED) is 0.661. The highest BCUT2D eigenvalue weighted by molar-refractivity contribution is 5.80. The monoisotopic (exact) mass is 234 g/mol. The highest BCUT2D eigenvalue weighted by atomic mass is 14.1. The fourth-order valence-electron chi connectivity index (χ4n) is 1.94. The number of hydrogen-bond donors (Lipinski definition) is 0. The van der Waals surface area contributed by atoms with Gasteiger partial charge in [0.25, 0.3) is 0 Å². The lowest BCUT2D eigenvalue weighted by Gasteiger charge is -2.08. The molecule has 0 spiro atoms. The summed E-state index contributed by atoms with van der Waals surface area (Å²) < 4.78 is 0. The van der Waals surface area contributed by atoms with Crippen LogP contribution in [-0.2, 0) is 0 Å². The van der Waals surface area contributed by atoms with Crippen molar-refractivity contribution in [1.82, 2.24) is 0 Å². The van der Waals surface area contributed by atoms with E-state index < -0.39 is 0 Å². The minimum Gasteiger partial charge on any atom is -0.0990 e. The first kappa shape index (κ1) is 12.4. The first-order chi connectivity index (χ1) is 8.70. The van der Waals surface area contributed by atoms with Gasteiger partial charge in [-0.1, -0.05) is 78.4 Å². The van der Waals surface area contributed by atoms with Gasteiger partial charge in [0.05, 0.1) is 0 Å². The number of hydrogen-bond acceptors (Lipinski definition) is 0. The Morgan fingerprint density at radius 3 is 1.50 bits per heavy atom. The molecule has 0 atom stereocenters. The summed E-state index contributed by atoms with van der Waals surface area (Å²) in [5, 5.41) is 0. The predicted octanol–water partition coefficient (Wildman–Crippen LogP) is 4.92. The molecule has 0 bridgehead atoms. The van der Waals surface area contributed by atoms with E-state index in [-0.39, 0.29) is 0 Å². The topological polar surface area (TPSA) is 0 Å². The Bertz CT molecular complexity index is 506. The second kappa shape index (κ2) is 5.50. The van der Waals surface area contributed by atoms with Gasteiger partial charge in [0.15, 0.2) is 0 Å². The van der Waals surface area contributed by atoms with E-state index in [0.717, 1.165) is 0 Å². The van der Waals surface area contributed by atoms with Crippen molar-refractivity contribution in [2.24, 2.45) is 0 Å². The molecule has 2 rings (SSSR count). The van der Waals surface area contributed by atoms with Gasteiger partial charge in [-0.25, -0.2) is 0 Å². The van der Waals surface area contributed by atoms with Gasteiger partial charge in [-0.3, -0.25) is 0 Å². The van der Waals surface area contributed by atoms with Gasteiger partial charge >= 0.3 is 0 Å². The van der Waals surface area contributed by atoms with Gasteiger partial charge in [0.2, 0.25) is 0 Å². The molecule has 0 aliphatic carbocycles. The first-order valence-electron chi connectivity index (χ1n) is 6.17. The molecule has 0 aliphatic rings. The third-order valence-electron chi connectivity index (χ3n) is 3.01. The maximum absolute atomic E-state index is 3.81. The summed E-state index contributed by atoms with van der Waals surface area (Å²) in [6.07, 6.45) is 3.91. The van der Waals surface area contributed by atoms with Crippen LogP contribution < -0.4 is 0 Å². The lowest BCUT2D eigenvalue weighted by atomic mass is 9.96. The number of benzene rings is 2. The predicted molar refractivity (Wildman–Crippen MR) is 79.6 cm³/mol. The average Bonchev–Trinajstić information content (AvgIpc) is 2.39. The van der Waals surface area contributed by atoms with E-state index in [0.29, 0.717) is 0 Å². The Hall–Kier alpha value is -2.08. The van der Waals surface area contributed by atoms with Gasteiger partial charge < -0.3 is 0 Å². The Morgan fingerprint density at radius 1 is 0.778 bits per heavy atom. The second-order valence-corrected chi connectivity index (χ2v) is 4.55. The first-order valence-corrected chi connectivity index (χ1v) is 6.17. The second-order valence-electron chi connectivity index (χ2n) is 4.55.